The van der Waals surface area contributed by atoms with E-state index in [9.17, 15) is 0 Å². The lowest BCUT2D eigenvalue weighted by molar-refractivity contribution is 0.103. The van der Waals surface area contributed by atoms with Gasteiger partial charge in [-0.1, -0.05) is 54.6 Å². The monoisotopic (exact) mass is 252 g/mol. The second kappa shape index (κ2) is 6.35. The number of benzene rings is 2. The van der Waals surface area contributed by atoms with E-state index in [4.69, 9.17) is 4.74 Å². The summed E-state index contributed by atoms with van der Waals surface area (Å²) in [7, 11) is 0. The largest absolute Gasteiger partial charge is 0.365 e. The van der Waals surface area contributed by atoms with Crippen LogP contribution in [0.5, 0.6) is 0 Å². The molecule has 0 spiro atoms. The Morgan fingerprint density at radius 2 is 1.42 bits per heavy atom. The van der Waals surface area contributed by atoms with E-state index in [1.807, 2.05) is 0 Å². The van der Waals surface area contributed by atoms with Crippen molar-refractivity contribution in [3.05, 3.63) is 83.4 Å². The summed E-state index contributed by atoms with van der Waals surface area (Å²) in [6, 6.07) is 16.7. The average molecular weight is 252 g/mol. The first-order valence-corrected chi connectivity index (χ1v) is 6.57. The van der Waals surface area contributed by atoms with Crippen LogP contribution in [0.4, 0.5) is 0 Å². The van der Waals surface area contributed by atoms with E-state index in [-0.39, 0.29) is 6.10 Å². The Kier molecular flexibility index (Phi) is 4.53. The third-order valence-electron chi connectivity index (χ3n) is 3.32. The second-order valence-corrected chi connectivity index (χ2v) is 4.72. The maximum Gasteiger partial charge on any atom is 0.108 e. The summed E-state index contributed by atoms with van der Waals surface area (Å²) in [6.45, 7) is 8.53. The van der Waals surface area contributed by atoms with Crippen LogP contribution in [0.2, 0.25) is 0 Å². The number of rotatable bonds is 5. The molecule has 0 heterocycles. The minimum Gasteiger partial charge on any atom is -0.365 e. The molecular weight excluding hydrogens is 232 g/mol. The smallest absolute Gasteiger partial charge is 0.108 e. The zero-order chi connectivity index (χ0) is 13.7. The van der Waals surface area contributed by atoms with Gasteiger partial charge < -0.3 is 4.74 Å². The van der Waals surface area contributed by atoms with Gasteiger partial charge in [-0.3, -0.25) is 0 Å². The molecule has 1 heteroatoms. The van der Waals surface area contributed by atoms with Crippen molar-refractivity contribution in [3.8, 4) is 0 Å². The predicted octanol–water partition coefficient (Wildman–Crippen LogP) is 4.60. The molecule has 0 aromatic heterocycles. The van der Waals surface area contributed by atoms with Crippen molar-refractivity contribution in [1.29, 1.82) is 0 Å². The van der Waals surface area contributed by atoms with Gasteiger partial charge >= 0.3 is 0 Å². The molecule has 0 radical (unpaired) electrons. The molecule has 2 aromatic rings. The van der Waals surface area contributed by atoms with Crippen LogP contribution in [0.3, 0.4) is 0 Å². The van der Waals surface area contributed by atoms with Crippen molar-refractivity contribution in [3.63, 3.8) is 0 Å². The minimum absolute atomic E-state index is 0.0274. The first-order chi connectivity index (χ1) is 9.24. The highest BCUT2D eigenvalue weighted by Crippen LogP contribution is 2.30. The van der Waals surface area contributed by atoms with Crippen LogP contribution < -0.4 is 0 Å². The summed E-state index contributed by atoms with van der Waals surface area (Å²) >= 11 is 0. The SMILES string of the molecule is C=CCOC(c1ccccc1C)c1ccccc1C. The lowest BCUT2D eigenvalue weighted by atomic mass is 9.94. The highest BCUT2D eigenvalue weighted by molar-refractivity contribution is 5.38. The summed E-state index contributed by atoms with van der Waals surface area (Å²) in [5, 5.41) is 0. The Balaban J connectivity index is 2.45. The Morgan fingerprint density at radius 1 is 0.947 bits per heavy atom. The number of ether oxygens (including phenoxy) is 1. The molecule has 0 aliphatic heterocycles. The van der Waals surface area contributed by atoms with Gasteiger partial charge in [-0.15, -0.1) is 6.58 Å². The Hall–Kier alpha value is -1.86. The van der Waals surface area contributed by atoms with Gasteiger partial charge in [-0.05, 0) is 36.1 Å². The summed E-state index contributed by atoms with van der Waals surface area (Å²) in [5.41, 5.74) is 4.94. The first kappa shape index (κ1) is 13.6. The van der Waals surface area contributed by atoms with Crippen LogP contribution >= 0.6 is 0 Å². The fraction of sp³-hybridized carbons (Fsp3) is 0.222. The van der Waals surface area contributed by atoms with E-state index < -0.39 is 0 Å². The average Bonchev–Trinajstić information content (AvgIpc) is 2.42. The van der Waals surface area contributed by atoms with Crippen molar-refractivity contribution in [1.82, 2.24) is 0 Å². The quantitative estimate of drug-likeness (QED) is 0.707. The Labute approximate surface area is 115 Å². The van der Waals surface area contributed by atoms with Crippen LogP contribution in [0, 0.1) is 13.8 Å². The molecule has 0 atom stereocenters. The fourth-order valence-corrected chi connectivity index (χ4v) is 2.27. The molecule has 0 aliphatic carbocycles. The van der Waals surface area contributed by atoms with Gasteiger partial charge in [0.25, 0.3) is 0 Å². The summed E-state index contributed by atoms with van der Waals surface area (Å²) in [6.07, 6.45) is 1.77. The Bertz CT molecular complexity index is 512. The van der Waals surface area contributed by atoms with Crippen LogP contribution in [-0.2, 0) is 4.74 Å². The van der Waals surface area contributed by atoms with E-state index in [1.165, 1.54) is 22.3 Å². The van der Waals surface area contributed by atoms with Crippen LogP contribution in [0.25, 0.3) is 0 Å². The van der Waals surface area contributed by atoms with Crippen molar-refractivity contribution in [2.24, 2.45) is 0 Å². The van der Waals surface area contributed by atoms with Crippen molar-refractivity contribution < 1.29 is 4.74 Å². The van der Waals surface area contributed by atoms with Crippen LogP contribution in [0.1, 0.15) is 28.4 Å². The molecule has 0 amide bonds. The maximum atomic E-state index is 6.01. The van der Waals surface area contributed by atoms with Gasteiger partial charge in [0.2, 0.25) is 0 Å². The summed E-state index contributed by atoms with van der Waals surface area (Å²) < 4.78 is 6.01. The number of hydrogen-bond acceptors (Lipinski definition) is 1. The van der Waals surface area contributed by atoms with Crippen molar-refractivity contribution in [2.75, 3.05) is 6.61 Å². The first-order valence-electron chi connectivity index (χ1n) is 6.57. The van der Waals surface area contributed by atoms with Gasteiger partial charge in [0.15, 0.2) is 0 Å². The van der Waals surface area contributed by atoms with Crippen molar-refractivity contribution >= 4 is 0 Å². The molecule has 2 rings (SSSR count). The lowest BCUT2D eigenvalue weighted by Crippen LogP contribution is -2.09. The molecule has 2 aromatic carbocycles. The topological polar surface area (TPSA) is 9.23 Å². The molecule has 0 fully saturated rings. The molecule has 0 unspecified atom stereocenters. The normalized spacial score (nSPS) is 10.7. The van der Waals surface area contributed by atoms with Gasteiger partial charge in [-0.25, -0.2) is 0 Å². The maximum absolute atomic E-state index is 6.01. The van der Waals surface area contributed by atoms with Crippen molar-refractivity contribution in [2.45, 2.75) is 20.0 Å². The van der Waals surface area contributed by atoms with Gasteiger partial charge in [0.1, 0.15) is 6.10 Å². The lowest BCUT2D eigenvalue weighted by Gasteiger charge is -2.21. The molecular formula is C18H20O. The van der Waals surface area contributed by atoms with E-state index >= 15 is 0 Å². The summed E-state index contributed by atoms with van der Waals surface area (Å²) in [5.74, 6) is 0. The highest BCUT2D eigenvalue weighted by Gasteiger charge is 2.17. The molecule has 19 heavy (non-hydrogen) atoms. The minimum atomic E-state index is -0.0274. The van der Waals surface area contributed by atoms with E-state index in [0.717, 1.165) is 0 Å². The molecule has 0 N–H and O–H groups in total. The van der Waals surface area contributed by atoms with E-state index in [1.54, 1.807) is 6.08 Å². The molecule has 0 bridgehead atoms. The van der Waals surface area contributed by atoms with Crippen LogP contribution in [-0.4, -0.2) is 6.61 Å². The standard InChI is InChI=1S/C18H20O/c1-4-13-19-18(16-11-7-5-9-14(16)2)17-12-8-6-10-15(17)3/h4-12,18H,1,13H2,2-3H3. The van der Waals surface area contributed by atoms with Crippen LogP contribution in [0.15, 0.2) is 61.2 Å². The number of aryl methyl sites for hydroxylation is 2. The summed E-state index contributed by atoms with van der Waals surface area (Å²) in [4.78, 5) is 0. The molecule has 0 saturated carbocycles. The van der Waals surface area contributed by atoms with Gasteiger partial charge in [0, 0.05) is 0 Å². The molecule has 1 nitrogen and oxygen atoms in total. The zero-order valence-corrected chi connectivity index (χ0v) is 11.6. The zero-order valence-electron chi connectivity index (χ0n) is 11.6. The van der Waals surface area contributed by atoms with E-state index in [2.05, 4.69) is 69.0 Å². The fourth-order valence-electron chi connectivity index (χ4n) is 2.27. The molecule has 0 aliphatic rings. The third kappa shape index (κ3) is 3.12. The number of hydrogen-bond donors (Lipinski definition) is 0. The third-order valence-corrected chi connectivity index (χ3v) is 3.32. The Morgan fingerprint density at radius 3 is 1.84 bits per heavy atom. The van der Waals surface area contributed by atoms with Gasteiger partial charge in [0.05, 0.1) is 6.61 Å². The highest BCUT2D eigenvalue weighted by atomic mass is 16.5. The molecule has 98 valence electrons. The molecule has 0 saturated heterocycles. The second-order valence-electron chi connectivity index (χ2n) is 4.72. The van der Waals surface area contributed by atoms with E-state index in [0.29, 0.717) is 6.61 Å². The van der Waals surface area contributed by atoms with Gasteiger partial charge in [-0.2, -0.15) is 0 Å². The predicted molar refractivity (Wildman–Crippen MR) is 80.4 cm³/mol.